The first-order chi connectivity index (χ1) is 11.1. The Hall–Kier alpha value is -3.21. The number of hydrogen-bond donors (Lipinski definition) is 1. The van der Waals surface area contributed by atoms with Crippen LogP contribution in [0.2, 0.25) is 0 Å². The average molecular weight is 303 g/mol. The molecule has 2 aromatic carbocycles. The summed E-state index contributed by atoms with van der Waals surface area (Å²) in [5, 5.41) is 4.59. The number of nitrogens with one attached hydrogen (secondary N) is 1. The molecule has 0 spiro atoms. The average Bonchev–Trinajstić information content (AvgIpc) is 2.96. The molecule has 4 rings (SSSR count). The lowest BCUT2D eigenvalue weighted by Gasteiger charge is -2.04. The van der Waals surface area contributed by atoms with Crippen LogP contribution < -0.4 is 5.43 Å². The zero-order valence-corrected chi connectivity index (χ0v) is 12.4. The Morgan fingerprint density at radius 1 is 1.04 bits per heavy atom. The third-order valence-corrected chi connectivity index (χ3v) is 3.99. The predicted molar refractivity (Wildman–Crippen MR) is 88.7 cm³/mol. The Bertz CT molecular complexity index is 1110. The number of pyridine rings is 1. The molecule has 0 fully saturated rings. The van der Waals surface area contributed by atoms with Gasteiger partial charge in [0.1, 0.15) is 5.52 Å². The molecule has 112 valence electrons. The van der Waals surface area contributed by atoms with Crippen LogP contribution in [0.25, 0.3) is 21.9 Å². The Morgan fingerprint density at radius 2 is 1.83 bits per heavy atom. The topological polar surface area (TPSA) is 67.8 Å². The number of benzene rings is 2. The maximum Gasteiger partial charge on any atom is 0.215 e. The fourth-order valence-corrected chi connectivity index (χ4v) is 2.81. The number of aromatic amines is 1. The standard InChI is InChI=1S/C18H13N3O2/c1-21-16-15(10-19-21)20-14-8-7-12(9-13(14)18(16)23)17(22)11-5-3-2-4-6-11/h2-10H,1H3,(H,20,23). The van der Waals surface area contributed by atoms with Gasteiger partial charge in [0.05, 0.1) is 11.7 Å². The molecule has 0 aliphatic carbocycles. The van der Waals surface area contributed by atoms with E-state index in [-0.39, 0.29) is 11.2 Å². The van der Waals surface area contributed by atoms with Crippen LogP contribution in [-0.4, -0.2) is 20.5 Å². The number of rotatable bonds is 2. The van der Waals surface area contributed by atoms with Crippen LogP contribution in [0.5, 0.6) is 0 Å². The zero-order valence-electron chi connectivity index (χ0n) is 12.4. The number of carbonyl (C=O) groups excluding carboxylic acids is 1. The highest BCUT2D eigenvalue weighted by Gasteiger charge is 2.13. The van der Waals surface area contributed by atoms with Crippen molar-refractivity contribution >= 4 is 27.7 Å². The van der Waals surface area contributed by atoms with Gasteiger partial charge in [-0.05, 0) is 18.2 Å². The minimum atomic E-state index is -0.128. The number of ketones is 1. The molecule has 0 saturated carbocycles. The second kappa shape index (κ2) is 4.91. The molecule has 4 aromatic rings. The number of H-pyrrole nitrogens is 1. The van der Waals surface area contributed by atoms with Gasteiger partial charge in [0.25, 0.3) is 0 Å². The van der Waals surface area contributed by atoms with E-state index in [1.165, 1.54) is 0 Å². The number of carbonyl (C=O) groups is 1. The van der Waals surface area contributed by atoms with Gasteiger partial charge in [0.2, 0.25) is 5.43 Å². The van der Waals surface area contributed by atoms with Crippen molar-refractivity contribution in [2.75, 3.05) is 0 Å². The smallest absolute Gasteiger partial charge is 0.215 e. The minimum absolute atomic E-state index is 0.1000. The maximum absolute atomic E-state index is 12.7. The van der Waals surface area contributed by atoms with Gasteiger partial charge >= 0.3 is 0 Å². The lowest BCUT2D eigenvalue weighted by Crippen LogP contribution is -2.09. The molecular weight excluding hydrogens is 290 g/mol. The summed E-state index contributed by atoms with van der Waals surface area (Å²) in [6.45, 7) is 0. The lowest BCUT2D eigenvalue weighted by molar-refractivity contribution is 0.103. The molecule has 2 aromatic heterocycles. The van der Waals surface area contributed by atoms with E-state index in [2.05, 4.69) is 10.1 Å². The molecule has 2 heterocycles. The number of nitrogens with zero attached hydrogens (tertiary/aromatic N) is 2. The lowest BCUT2D eigenvalue weighted by atomic mass is 10.0. The van der Waals surface area contributed by atoms with Crippen molar-refractivity contribution in [1.29, 1.82) is 0 Å². The first-order valence-corrected chi connectivity index (χ1v) is 7.22. The summed E-state index contributed by atoms with van der Waals surface area (Å²) in [7, 11) is 1.72. The first-order valence-electron chi connectivity index (χ1n) is 7.22. The van der Waals surface area contributed by atoms with Gasteiger partial charge < -0.3 is 4.98 Å². The summed E-state index contributed by atoms with van der Waals surface area (Å²) < 4.78 is 1.54. The summed E-state index contributed by atoms with van der Waals surface area (Å²) in [5.74, 6) is -0.1000. The van der Waals surface area contributed by atoms with Gasteiger partial charge in [-0.2, -0.15) is 5.10 Å². The van der Waals surface area contributed by atoms with Crippen molar-refractivity contribution in [2.45, 2.75) is 0 Å². The van der Waals surface area contributed by atoms with Gasteiger partial charge in [-0.25, -0.2) is 0 Å². The molecule has 0 aliphatic heterocycles. The van der Waals surface area contributed by atoms with E-state index in [4.69, 9.17) is 0 Å². The Kier molecular flexibility index (Phi) is 2.87. The quantitative estimate of drug-likeness (QED) is 0.579. The third kappa shape index (κ3) is 2.05. The fourth-order valence-electron chi connectivity index (χ4n) is 2.81. The van der Waals surface area contributed by atoms with Gasteiger partial charge in [0.15, 0.2) is 5.78 Å². The van der Waals surface area contributed by atoms with Crippen LogP contribution in [0.4, 0.5) is 0 Å². The van der Waals surface area contributed by atoms with Crippen LogP contribution in [0.1, 0.15) is 15.9 Å². The Morgan fingerprint density at radius 3 is 2.61 bits per heavy atom. The van der Waals surface area contributed by atoms with Crippen molar-refractivity contribution in [3.8, 4) is 0 Å². The van der Waals surface area contributed by atoms with E-state index in [1.807, 2.05) is 18.2 Å². The summed E-state index contributed by atoms with van der Waals surface area (Å²) >= 11 is 0. The molecular formula is C18H13N3O2. The van der Waals surface area contributed by atoms with Crippen molar-refractivity contribution in [3.63, 3.8) is 0 Å². The number of aryl methyl sites for hydroxylation is 1. The molecule has 0 aliphatic rings. The highest BCUT2D eigenvalue weighted by Crippen LogP contribution is 2.17. The third-order valence-electron chi connectivity index (χ3n) is 3.99. The molecule has 5 heteroatoms. The first kappa shape index (κ1) is 13.5. The number of aromatic nitrogens is 3. The van der Waals surface area contributed by atoms with E-state index < -0.39 is 0 Å². The van der Waals surface area contributed by atoms with Crippen molar-refractivity contribution in [1.82, 2.24) is 14.8 Å². The summed E-state index contributed by atoms with van der Waals surface area (Å²) in [5.41, 5.74) is 2.85. The van der Waals surface area contributed by atoms with Gasteiger partial charge in [-0.1, -0.05) is 30.3 Å². The molecule has 0 unspecified atom stereocenters. The zero-order chi connectivity index (χ0) is 16.0. The molecule has 5 nitrogen and oxygen atoms in total. The Balaban J connectivity index is 1.95. The number of hydrogen-bond acceptors (Lipinski definition) is 3. The minimum Gasteiger partial charge on any atom is -0.352 e. The monoisotopic (exact) mass is 303 g/mol. The molecule has 1 N–H and O–H groups in total. The van der Waals surface area contributed by atoms with Crippen LogP contribution >= 0.6 is 0 Å². The van der Waals surface area contributed by atoms with E-state index in [0.29, 0.717) is 33.1 Å². The van der Waals surface area contributed by atoms with Gasteiger partial charge in [-0.3, -0.25) is 14.3 Å². The fraction of sp³-hybridized carbons (Fsp3) is 0.0556. The normalized spacial score (nSPS) is 11.2. The van der Waals surface area contributed by atoms with Crippen molar-refractivity contribution in [2.24, 2.45) is 7.05 Å². The van der Waals surface area contributed by atoms with Crippen LogP contribution in [-0.2, 0) is 7.05 Å². The molecule has 0 atom stereocenters. The van der Waals surface area contributed by atoms with E-state index in [1.54, 1.807) is 48.3 Å². The Labute approximate surface area is 131 Å². The maximum atomic E-state index is 12.7. The highest BCUT2D eigenvalue weighted by molar-refractivity contribution is 6.10. The van der Waals surface area contributed by atoms with Crippen molar-refractivity contribution in [3.05, 3.63) is 76.1 Å². The molecule has 0 radical (unpaired) electrons. The predicted octanol–water partition coefficient (Wildman–Crippen LogP) is 2.65. The second-order valence-corrected chi connectivity index (χ2v) is 5.44. The SMILES string of the molecule is Cn1ncc2[nH]c3ccc(C(=O)c4ccccc4)cc3c(=O)c21. The van der Waals surface area contributed by atoms with E-state index >= 15 is 0 Å². The molecule has 0 bridgehead atoms. The van der Waals surface area contributed by atoms with E-state index in [9.17, 15) is 9.59 Å². The van der Waals surface area contributed by atoms with Crippen LogP contribution in [0.3, 0.4) is 0 Å². The highest BCUT2D eigenvalue weighted by atomic mass is 16.1. The summed E-state index contributed by atoms with van der Waals surface area (Å²) in [6.07, 6.45) is 1.62. The summed E-state index contributed by atoms with van der Waals surface area (Å²) in [4.78, 5) is 28.4. The van der Waals surface area contributed by atoms with Crippen molar-refractivity contribution < 1.29 is 4.79 Å². The molecule has 23 heavy (non-hydrogen) atoms. The van der Waals surface area contributed by atoms with Gasteiger partial charge in [-0.15, -0.1) is 0 Å². The van der Waals surface area contributed by atoms with Gasteiger partial charge in [0, 0.05) is 29.1 Å². The molecule has 0 saturated heterocycles. The van der Waals surface area contributed by atoms with E-state index in [0.717, 1.165) is 0 Å². The summed E-state index contributed by atoms with van der Waals surface area (Å²) in [6, 6.07) is 14.2. The number of fused-ring (bicyclic) bond motifs is 2. The van der Waals surface area contributed by atoms with Crippen LogP contribution in [0, 0.1) is 0 Å². The molecule has 0 amide bonds. The van der Waals surface area contributed by atoms with Crippen LogP contribution in [0.15, 0.2) is 59.5 Å². The largest absolute Gasteiger partial charge is 0.352 e. The second-order valence-electron chi connectivity index (χ2n) is 5.44.